The molecule has 1 aromatic carbocycles. The number of hydrogen-bond donors (Lipinski definition) is 1. The van der Waals surface area contributed by atoms with E-state index in [-0.39, 0.29) is 5.24 Å². The van der Waals surface area contributed by atoms with Gasteiger partial charge in [0.05, 0.1) is 0 Å². The van der Waals surface area contributed by atoms with E-state index in [1.807, 2.05) is 24.3 Å². The Morgan fingerprint density at radius 1 is 0.962 bits per heavy atom. The normalized spacial score (nSPS) is 11.2. The average Bonchev–Trinajstić information content (AvgIpc) is 2.62. The van der Waals surface area contributed by atoms with Gasteiger partial charge in [-0.2, -0.15) is 0 Å². The minimum absolute atomic E-state index is 0.290. The van der Waals surface area contributed by atoms with E-state index in [2.05, 4.69) is 24.4 Å². The lowest BCUT2D eigenvalue weighted by molar-refractivity contribution is -0.111. The molecule has 0 bridgehead atoms. The Morgan fingerprint density at radius 3 is 2.31 bits per heavy atom. The molecule has 0 heterocycles. The van der Waals surface area contributed by atoms with Gasteiger partial charge in [-0.25, -0.2) is 0 Å². The molecule has 1 aromatic rings. The van der Waals surface area contributed by atoms with Crippen LogP contribution in [0.5, 0.6) is 0 Å². The van der Waals surface area contributed by atoms with Crippen LogP contribution in [0, 0.1) is 0 Å². The van der Waals surface area contributed by atoms with Crippen molar-refractivity contribution < 1.29 is 4.79 Å². The smallest absolute Gasteiger partial charge is 0.226 e. The van der Waals surface area contributed by atoms with Crippen molar-refractivity contribution in [3.8, 4) is 0 Å². The SMILES string of the molecule is CCCCCCCCCC/C=C/CCCNc1cccc(CC(=O)Cl)c1. The summed E-state index contributed by atoms with van der Waals surface area (Å²) in [5, 5.41) is 3.09. The molecule has 3 heteroatoms. The summed E-state index contributed by atoms with van der Waals surface area (Å²) in [6.07, 6.45) is 19.5. The Kier molecular flexibility index (Phi) is 13.9. The summed E-state index contributed by atoms with van der Waals surface area (Å²) < 4.78 is 0. The highest BCUT2D eigenvalue weighted by Gasteiger charge is 2.00. The molecule has 0 aromatic heterocycles. The molecule has 0 radical (unpaired) electrons. The van der Waals surface area contributed by atoms with Crippen molar-refractivity contribution in [2.75, 3.05) is 11.9 Å². The van der Waals surface area contributed by atoms with Gasteiger partial charge in [0.2, 0.25) is 5.24 Å². The molecule has 1 rings (SSSR count). The van der Waals surface area contributed by atoms with E-state index < -0.39 is 0 Å². The van der Waals surface area contributed by atoms with Gasteiger partial charge in [0.15, 0.2) is 0 Å². The number of nitrogens with one attached hydrogen (secondary N) is 1. The summed E-state index contributed by atoms with van der Waals surface area (Å²) in [7, 11) is 0. The van der Waals surface area contributed by atoms with Gasteiger partial charge in [-0.1, -0.05) is 76.2 Å². The summed E-state index contributed by atoms with van der Waals surface area (Å²) in [5.74, 6) is 0. The molecule has 2 nitrogen and oxygen atoms in total. The number of allylic oxidation sites excluding steroid dienone is 2. The van der Waals surface area contributed by atoms with Crippen LogP contribution < -0.4 is 5.32 Å². The van der Waals surface area contributed by atoms with Gasteiger partial charge in [0.1, 0.15) is 0 Å². The zero-order valence-corrected chi connectivity index (χ0v) is 17.2. The Bertz CT molecular complexity index is 513. The van der Waals surface area contributed by atoms with Crippen molar-refractivity contribution in [1.29, 1.82) is 0 Å². The number of benzene rings is 1. The quantitative estimate of drug-likeness (QED) is 0.186. The van der Waals surface area contributed by atoms with Gasteiger partial charge in [0, 0.05) is 18.7 Å². The van der Waals surface area contributed by atoms with Crippen LogP contribution >= 0.6 is 11.6 Å². The molecule has 0 spiro atoms. The molecule has 0 saturated heterocycles. The lowest BCUT2D eigenvalue weighted by atomic mass is 10.1. The zero-order valence-electron chi connectivity index (χ0n) is 16.4. The van der Waals surface area contributed by atoms with Gasteiger partial charge < -0.3 is 5.32 Å². The number of unbranched alkanes of at least 4 members (excludes halogenated alkanes) is 9. The Morgan fingerprint density at radius 2 is 1.62 bits per heavy atom. The van der Waals surface area contributed by atoms with Crippen LogP contribution in [0.15, 0.2) is 36.4 Å². The van der Waals surface area contributed by atoms with Crippen molar-refractivity contribution in [1.82, 2.24) is 0 Å². The van der Waals surface area contributed by atoms with Crippen molar-refractivity contribution in [2.45, 2.75) is 84.0 Å². The second-order valence-electron chi connectivity index (χ2n) is 7.04. The third kappa shape index (κ3) is 13.0. The number of carbonyl (C=O) groups excluding carboxylic acids is 1. The lowest BCUT2D eigenvalue weighted by Crippen LogP contribution is -2.02. The van der Waals surface area contributed by atoms with Gasteiger partial charge in [-0.05, 0) is 55.0 Å². The summed E-state index contributed by atoms with van der Waals surface area (Å²) in [5.41, 5.74) is 2.02. The molecule has 0 aliphatic carbocycles. The highest BCUT2D eigenvalue weighted by Crippen LogP contribution is 2.13. The molecular weight excluding hydrogens is 342 g/mol. The van der Waals surface area contributed by atoms with Crippen LogP contribution in [0.3, 0.4) is 0 Å². The van der Waals surface area contributed by atoms with Crippen molar-refractivity contribution in [3.05, 3.63) is 42.0 Å². The van der Waals surface area contributed by atoms with Crippen molar-refractivity contribution >= 4 is 22.5 Å². The van der Waals surface area contributed by atoms with E-state index in [4.69, 9.17) is 11.6 Å². The van der Waals surface area contributed by atoms with E-state index in [0.29, 0.717) is 6.42 Å². The van der Waals surface area contributed by atoms with Crippen LogP contribution in [0.1, 0.15) is 83.1 Å². The summed E-state index contributed by atoms with van der Waals surface area (Å²) >= 11 is 5.44. The fraction of sp³-hybridized carbons (Fsp3) is 0.609. The first-order chi connectivity index (χ1) is 12.7. The van der Waals surface area contributed by atoms with Crippen LogP contribution in [0.2, 0.25) is 0 Å². The first-order valence-electron chi connectivity index (χ1n) is 10.4. The lowest BCUT2D eigenvalue weighted by Gasteiger charge is -2.07. The monoisotopic (exact) mass is 377 g/mol. The van der Waals surface area contributed by atoms with Gasteiger partial charge >= 0.3 is 0 Å². The van der Waals surface area contributed by atoms with Gasteiger partial charge in [-0.15, -0.1) is 0 Å². The number of rotatable bonds is 16. The van der Waals surface area contributed by atoms with Crippen LogP contribution in [-0.4, -0.2) is 11.8 Å². The molecule has 0 amide bonds. The highest BCUT2D eigenvalue weighted by atomic mass is 35.5. The maximum Gasteiger partial charge on any atom is 0.226 e. The molecule has 0 saturated carbocycles. The molecule has 0 aliphatic heterocycles. The van der Waals surface area contributed by atoms with Gasteiger partial charge in [-0.3, -0.25) is 4.79 Å². The molecule has 1 N–H and O–H groups in total. The largest absolute Gasteiger partial charge is 0.385 e. The average molecular weight is 378 g/mol. The van der Waals surface area contributed by atoms with E-state index in [9.17, 15) is 4.79 Å². The number of anilines is 1. The maximum absolute atomic E-state index is 11.0. The summed E-state index contributed by atoms with van der Waals surface area (Å²) in [6, 6.07) is 7.92. The number of halogens is 1. The first kappa shape index (κ1) is 22.8. The molecule has 0 fully saturated rings. The fourth-order valence-electron chi connectivity index (χ4n) is 3.04. The molecule has 146 valence electrons. The van der Waals surface area contributed by atoms with Crippen molar-refractivity contribution in [3.63, 3.8) is 0 Å². The molecule has 26 heavy (non-hydrogen) atoms. The zero-order chi connectivity index (χ0) is 18.9. The predicted octanol–water partition coefficient (Wildman–Crippen LogP) is 7.27. The molecule has 0 aliphatic rings. The van der Waals surface area contributed by atoms with Crippen LogP contribution in [0.4, 0.5) is 5.69 Å². The second kappa shape index (κ2) is 15.9. The Labute approximate surface area is 165 Å². The van der Waals surface area contributed by atoms with Crippen LogP contribution in [0.25, 0.3) is 0 Å². The van der Waals surface area contributed by atoms with E-state index >= 15 is 0 Å². The maximum atomic E-state index is 11.0. The van der Waals surface area contributed by atoms with E-state index in [0.717, 1.165) is 30.6 Å². The predicted molar refractivity (Wildman–Crippen MR) is 115 cm³/mol. The topological polar surface area (TPSA) is 29.1 Å². The Balaban J connectivity index is 1.97. The third-order valence-electron chi connectivity index (χ3n) is 4.54. The summed E-state index contributed by atoms with van der Waals surface area (Å²) in [6.45, 7) is 3.21. The van der Waals surface area contributed by atoms with Crippen LogP contribution in [-0.2, 0) is 11.2 Å². The Hall–Kier alpha value is -1.28. The van der Waals surface area contributed by atoms with E-state index in [1.165, 1.54) is 57.8 Å². The molecular formula is C23H36ClNO. The number of carbonyl (C=O) groups is 1. The van der Waals surface area contributed by atoms with E-state index in [1.54, 1.807) is 0 Å². The number of hydrogen-bond acceptors (Lipinski definition) is 2. The standard InChI is InChI=1S/C23H36ClNO/c1-2-3-4-5-6-7-8-9-10-11-12-13-14-18-25-22-17-15-16-21(19-22)20-23(24)26/h11-12,15-17,19,25H,2-10,13-14,18,20H2,1H3/b12-11+. The fourth-order valence-corrected chi connectivity index (χ4v) is 3.19. The first-order valence-corrected chi connectivity index (χ1v) is 10.8. The second-order valence-corrected chi connectivity index (χ2v) is 7.46. The minimum atomic E-state index is -0.316. The molecule has 0 atom stereocenters. The minimum Gasteiger partial charge on any atom is -0.385 e. The van der Waals surface area contributed by atoms with Crippen molar-refractivity contribution in [2.24, 2.45) is 0 Å². The summed E-state index contributed by atoms with van der Waals surface area (Å²) in [4.78, 5) is 11.0. The highest BCUT2D eigenvalue weighted by molar-refractivity contribution is 6.63. The molecule has 0 unspecified atom stereocenters. The third-order valence-corrected chi connectivity index (χ3v) is 4.67. The van der Waals surface area contributed by atoms with Gasteiger partial charge in [0.25, 0.3) is 0 Å².